The van der Waals surface area contributed by atoms with Gasteiger partial charge in [-0.1, -0.05) is 57.6 Å². The second-order valence-corrected chi connectivity index (χ2v) is 14.8. The Bertz CT molecular complexity index is 1860. The topological polar surface area (TPSA) is 109 Å². The number of ether oxygens (including phenoxy) is 1. The molecule has 2 aliphatic heterocycles. The number of carbonyl (C=O) groups is 3. The minimum atomic E-state index is -0.376. The number of aromatic nitrogens is 1. The average Bonchev–Trinajstić information content (AvgIpc) is 3.76. The van der Waals surface area contributed by atoms with Gasteiger partial charge in [0.2, 0.25) is 11.8 Å². The molecular weight excluding hydrogens is 662 g/mol. The number of imide groups is 1. The molecule has 222 valence electrons. The molecule has 2 aliphatic carbocycles. The molecule has 0 radical (unpaired) electrons. The second kappa shape index (κ2) is 10.7. The third kappa shape index (κ3) is 4.47. The van der Waals surface area contributed by atoms with Crippen LogP contribution in [0.5, 0.6) is 5.75 Å². The zero-order chi connectivity index (χ0) is 30.1. The normalized spacial score (nSPS) is 28.0. The van der Waals surface area contributed by atoms with E-state index in [0.29, 0.717) is 17.1 Å². The average molecular weight is 689 g/mol. The summed E-state index contributed by atoms with van der Waals surface area (Å²) in [5.74, 6) is -0.681. The predicted molar refractivity (Wildman–Crippen MR) is 172 cm³/mol. The van der Waals surface area contributed by atoms with Gasteiger partial charge in [-0.25, -0.2) is 0 Å². The quantitative estimate of drug-likeness (QED) is 0.245. The molecule has 6 unspecified atom stereocenters. The molecule has 3 amide bonds. The number of hydrogen-bond acceptors (Lipinski definition) is 7. The van der Waals surface area contributed by atoms with Crippen LogP contribution >= 0.6 is 39.0 Å². The Labute approximate surface area is 269 Å². The number of thiazole rings is 1. The Morgan fingerprint density at radius 1 is 0.955 bits per heavy atom. The van der Waals surface area contributed by atoms with E-state index in [4.69, 9.17) is 4.74 Å². The van der Waals surface area contributed by atoms with Crippen molar-refractivity contribution in [2.24, 2.45) is 29.6 Å². The van der Waals surface area contributed by atoms with Crippen molar-refractivity contribution in [2.75, 3.05) is 16.8 Å². The van der Waals surface area contributed by atoms with Gasteiger partial charge in [0.05, 0.1) is 22.5 Å². The Hall–Kier alpha value is -3.67. The molecule has 3 fully saturated rings. The van der Waals surface area contributed by atoms with Crippen molar-refractivity contribution in [1.82, 2.24) is 4.98 Å². The van der Waals surface area contributed by atoms with Crippen molar-refractivity contribution < 1.29 is 19.1 Å². The maximum atomic E-state index is 13.9. The highest BCUT2D eigenvalue weighted by molar-refractivity contribution is 9.10. The first-order valence-electron chi connectivity index (χ1n) is 14.5. The molecule has 4 aromatic rings. The summed E-state index contributed by atoms with van der Waals surface area (Å²) in [7, 11) is 0. The summed E-state index contributed by atoms with van der Waals surface area (Å²) in [5, 5.41) is 3.77. The Kier molecular flexibility index (Phi) is 6.80. The van der Waals surface area contributed by atoms with Crippen LogP contribution in [0.15, 0.2) is 93.2 Å². The highest BCUT2D eigenvalue weighted by atomic mass is 79.9. The third-order valence-electron chi connectivity index (χ3n) is 9.45. The van der Waals surface area contributed by atoms with Crippen molar-refractivity contribution in [3.63, 3.8) is 0 Å². The third-order valence-corrected chi connectivity index (χ3v) is 12.6. The van der Waals surface area contributed by atoms with Crippen molar-refractivity contribution in [2.45, 2.75) is 22.6 Å². The number of nitrogens with one attached hydrogen (secondary N) is 2. The van der Waals surface area contributed by atoms with Gasteiger partial charge in [0.15, 0.2) is 6.61 Å². The summed E-state index contributed by atoms with van der Waals surface area (Å²) >= 11 is 6.32. The van der Waals surface area contributed by atoms with Crippen LogP contribution in [-0.4, -0.2) is 34.6 Å². The molecule has 2 bridgehead atoms. The molecule has 2 saturated carbocycles. The maximum Gasteiger partial charge on any atom is 0.305 e. The van der Waals surface area contributed by atoms with Gasteiger partial charge in [-0.3, -0.25) is 24.1 Å². The van der Waals surface area contributed by atoms with Crippen LogP contribution in [-0.2, 0) is 14.4 Å². The van der Waals surface area contributed by atoms with Crippen LogP contribution in [0, 0.1) is 29.6 Å². The molecule has 11 heteroatoms. The lowest BCUT2D eigenvalue weighted by Gasteiger charge is -2.43. The molecule has 1 aromatic heterocycles. The number of fused-ring (bicyclic) bond motifs is 9. The number of nitrogens with zero attached hydrogens (tertiary/aromatic N) is 1. The Balaban J connectivity index is 1.10. The number of hydrogen-bond donors (Lipinski definition) is 2. The van der Waals surface area contributed by atoms with E-state index in [9.17, 15) is 19.2 Å². The van der Waals surface area contributed by atoms with Crippen LogP contribution in [0.3, 0.4) is 0 Å². The van der Waals surface area contributed by atoms with E-state index in [1.807, 2.05) is 66.7 Å². The van der Waals surface area contributed by atoms with E-state index < -0.39 is 0 Å². The monoisotopic (exact) mass is 687 g/mol. The Morgan fingerprint density at radius 2 is 1.70 bits per heavy atom. The van der Waals surface area contributed by atoms with E-state index >= 15 is 0 Å². The summed E-state index contributed by atoms with van der Waals surface area (Å²) in [4.78, 5) is 58.2. The molecule has 8 nitrogen and oxygen atoms in total. The smallest absolute Gasteiger partial charge is 0.305 e. The molecule has 44 heavy (non-hydrogen) atoms. The van der Waals surface area contributed by atoms with E-state index in [1.54, 1.807) is 23.9 Å². The number of carbonyl (C=O) groups excluding carboxylic acids is 3. The van der Waals surface area contributed by atoms with Gasteiger partial charge in [-0.15, -0.1) is 11.8 Å². The maximum absolute atomic E-state index is 13.9. The second-order valence-electron chi connectivity index (χ2n) is 11.7. The van der Waals surface area contributed by atoms with E-state index in [2.05, 4.69) is 26.2 Å². The SMILES string of the molecule is O=C(COc1cccc([C@H]2c3sc(=O)[nH]c3SC3C4CC(C5C(=O)N(c6ccc(Br)cc6)C(=O)C45)C32)c1)Nc1ccccc1. The Morgan fingerprint density at radius 3 is 2.48 bits per heavy atom. The van der Waals surface area contributed by atoms with Gasteiger partial charge in [0, 0.05) is 26.2 Å². The highest BCUT2D eigenvalue weighted by Crippen LogP contribution is 2.68. The summed E-state index contributed by atoms with van der Waals surface area (Å²) in [6.07, 6.45) is 0.814. The van der Waals surface area contributed by atoms with Crippen LogP contribution < -0.4 is 19.8 Å². The lowest BCUT2D eigenvalue weighted by molar-refractivity contribution is -0.123. The number of halogens is 1. The molecule has 8 rings (SSSR count). The minimum absolute atomic E-state index is 0.0102. The number of aromatic amines is 1. The number of H-pyrrole nitrogens is 1. The molecule has 0 spiro atoms. The summed E-state index contributed by atoms with van der Waals surface area (Å²) < 4.78 is 6.80. The van der Waals surface area contributed by atoms with E-state index in [0.717, 1.165) is 26.4 Å². The summed E-state index contributed by atoms with van der Waals surface area (Å²) in [6.45, 7) is -0.148. The van der Waals surface area contributed by atoms with Gasteiger partial charge in [-0.2, -0.15) is 0 Å². The molecule has 4 aliphatic rings. The molecule has 7 atom stereocenters. The van der Waals surface area contributed by atoms with Crippen LogP contribution in [0.2, 0.25) is 0 Å². The number of benzene rings is 3. The van der Waals surface area contributed by atoms with Crippen molar-refractivity contribution >= 4 is 68.1 Å². The minimum Gasteiger partial charge on any atom is -0.484 e. The van der Waals surface area contributed by atoms with Crippen molar-refractivity contribution in [1.29, 1.82) is 0 Å². The molecule has 2 N–H and O–H groups in total. The number of amides is 3. The summed E-state index contributed by atoms with van der Waals surface area (Å²) in [6, 6.07) is 24.2. The zero-order valence-corrected chi connectivity index (χ0v) is 26.4. The largest absolute Gasteiger partial charge is 0.484 e. The van der Waals surface area contributed by atoms with Crippen LogP contribution in [0.4, 0.5) is 11.4 Å². The lowest BCUT2D eigenvalue weighted by atomic mass is 9.68. The highest BCUT2D eigenvalue weighted by Gasteiger charge is 2.69. The number of thioether (sulfide) groups is 1. The lowest BCUT2D eigenvalue weighted by Crippen LogP contribution is -2.42. The molecule has 1 saturated heterocycles. The number of anilines is 2. The van der Waals surface area contributed by atoms with Crippen molar-refractivity contribution in [3.05, 3.63) is 103 Å². The fraction of sp³-hybridized carbons (Fsp3) is 0.273. The van der Waals surface area contributed by atoms with Gasteiger partial charge >= 0.3 is 4.87 Å². The molecule has 3 heterocycles. The van der Waals surface area contributed by atoms with Gasteiger partial charge in [0.25, 0.3) is 5.91 Å². The van der Waals surface area contributed by atoms with Gasteiger partial charge in [-0.05, 0) is 78.3 Å². The fourth-order valence-electron chi connectivity index (χ4n) is 7.90. The van der Waals surface area contributed by atoms with E-state index in [-0.39, 0.29) is 70.0 Å². The first-order chi connectivity index (χ1) is 21.4. The zero-order valence-electron chi connectivity index (χ0n) is 23.1. The molecule has 3 aromatic carbocycles. The van der Waals surface area contributed by atoms with Crippen molar-refractivity contribution in [3.8, 4) is 5.75 Å². The first kappa shape index (κ1) is 27.8. The predicted octanol–water partition coefficient (Wildman–Crippen LogP) is 5.89. The van der Waals surface area contributed by atoms with Crippen LogP contribution in [0.1, 0.15) is 22.8 Å². The van der Waals surface area contributed by atoms with Gasteiger partial charge in [0.1, 0.15) is 5.75 Å². The van der Waals surface area contributed by atoms with E-state index in [1.165, 1.54) is 16.2 Å². The van der Waals surface area contributed by atoms with Gasteiger partial charge < -0.3 is 15.0 Å². The van der Waals surface area contributed by atoms with Crippen LogP contribution in [0.25, 0.3) is 0 Å². The first-order valence-corrected chi connectivity index (χ1v) is 17.0. The number of rotatable bonds is 6. The number of para-hydroxylation sites is 1. The fourth-order valence-corrected chi connectivity index (χ4v) is 11.1. The standard InChI is InChI=1S/C33H26BrN3O5S2/c34-17-9-11-19(12-10-17)37-31(39)26-21-14-22(27(26)32(37)40)28-25(21)24(29-30(43-28)36-33(41)44-29)16-5-4-8-20(13-16)42-15-23(38)35-18-6-2-1-3-7-18/h1-13,21-22,24-28H,14-15H2,(H,35,38)(H,36,41)/t21?,22?,24-,25?,26?,27?,28?/m1/s1. The summed E-state index contributed by atoms with van der Waals surface area (Å²) in [5.41, 5.74) is 2.28. The molecular formula is C33H26BrN3O5S2.